The molecule has 0 spiro atoms. The number of esters is 1. The summed E-state index contributed by atoms with van der Waals surface area (Å²) in [5, 5.41) is 2.83. The molecule has 0 amide bonds. The summed E-state index contributed by atoms with van der Waals surface area (Å²) >= 11 is 0. The second kappa shape index (κ2) is 8.02. The van der Waals surface area contributed by atoms with Crippen LogP contribution < -0.4 is 5.32 Å². The van der Waals surface area contributed by atoms with Crippen LogP contribution in [0.1, 0.15) is 30.9 Å². The maximum atomic E-state index is 13.2. The molecule has 2 aromatic rings. The predicted octanol–water partition coefficient (Wildman–Crippen LogP) is 3.64. The number of hydrogen-bond acceptors (Lipinski definition) is 3. The number of hydrogen-bond donors (Lipinski definition) is 1. The number of likely N-dealkylation sites (N-methyl/N-ethyl adjacent to an activating group) is 1. The quantitative estimate of drug-likeness (QED) is 0.820. The van der Waals surface area contributed by atoms with Crippen LogP contribution in [-0.2, 0) is 9.53 Å². The van der Waals surface area contributed by atoms with Gasteiger partial charge in [-0.3, -0.25) is 4.79 Å². The Bertz CT molecular complexity index is 625. The van der Waals surface area contributed by atoms with Crippen LogP contribution in [0.3, 0.4) is 0 Å². The fourth-order valence-corrected chi connectivity index (χ4v) is 2.55. The Kier molecular flexibility index (Phi) is 6.04. The van der Waals surface area contributed by atoms with Gasteiger partial charge in [0.15, 0.2) is 0 Å². The third-order valence-corrected chi connectivity index (χ3v) is 4.02. The minimum Gasteiger partial charge on any atom is -0.461 e. The van der Waals surface area contributed by atoms with Crippen molar-refractivity contribution in [3.8, 4) is 0 Å². The molecule has 0 aliphatic carbocycles. The molecule has 0 unspecified atom stereocenters. The number of carbonyl (C=O) groups excluding carboxylic acids is 1. The largest absolute Gasteiger partial charge is 0.461 e. The molecule has 3 nitrogen and oxygen atoms in total. The zero-order valence-corrected chi connectivity index (χ0v) is 13.9. The van der Waals surface area contributed by atoms with E-state index in [1.807, 2.05) is 0 Å². The number of halogens is 2. The van der Waals surface area contributed by atoms with Crippen LogP contribution in [0.5, 0.6) is 0 Å². The van der Waals surface area contributed by atoms with Gasteiger partial charge in [-0.1, -0.05) is 24.3 Å². The maximum absolute atomic E-state index is 13.2. The lowest BCUT2D eigenvalue weighted by Crippen LogP contribution is -2.36. The van der Waals surface area contributed by atoms with Gasteiger partial charge in [0.1, 0.15) is 23.8 Å². The molecule has 0 aliphatic heterocycles. The average molecular weight is 333 g/mol. The first kappa shape index (κ1) is 18.1. The van der Waals surface area contributed by atoms with Gasteiger partial charge in [0.05, 0.1) is 0 Å². The molecular weight excluding hydrogens is 312 g/mol. The van der Waals surface area contributed by atoms with E-state index in [0.717, 1.165) is 11.1 Å². The first-order valence-corrected chi connectivity index (χ1v) is 7.81. The van der Waals surface area contributed by atoms with Gasteiger partial charge in [0.25, 0.3) is 0 Å². The molecule has 0 radical (unpaired) electrons. The average Bonchev–Trinajstić information content (AvgIpc) is 2.57. The smallest absolute Gasteiger partial charge is 0.323 e. The summed E-state index contributed by atoms with van der Waals surface area (Å²) in [7, 11) is 1.67. The van der Waals surface area contributed by atoms with Gasteiger partial charge in [-0.25, -0.2) is 8.78 Å². The van der Waals surface area contributed by atoms with Gasteiger partial charge in [-0.05, 0) is 56.3 Å². The summed E-state index contributed by atoms with van der Waals surface area (Å²) in [6.07, 6.45) is -0.496. The molecule has 2 atom stereocenters. The molecule has 0 saturated carbocycles. The molecule has 0 saturated heterocycles. The SMILES string of the molecule is CN[C@@H](C)C(=O)O[C@@H](C)C(c1ccc(F)cc1)c1ccc(F)cc1. The van der Waals surface area contributed by atoms with Crippen LogP contribution in [0.25, 0.3) is 0 Å². The lowest BCUT2D eigenvalue weighted by Gasteiger charge is -2.26. The van der Waals surface area contributed by atoms with Crippen LogP contribution in [0.4, 0.5) is 8.78 Å². The van der Waals surface area contributed by atoms with Crippen molar-refractivity contribution in [1.82, 2.24) is 5.32 Å². The van der Waals surface area contributed by atoms with Gasteiger partial charge in [0, 0.05) is 5.92 Å². The van der Waals surface area contributed by atoms with Crippen molar-refractivity contribution < 1.29 is 18.3 Å². The molecule has 0 fully saturated rings. The normalized spacial score (nSPS) is 13.6. The van der Waals surface area contributed by atoms with Gasteiger partial charge in [-0.2, -0.15) is 0 Å². The van der Waals surface area contributed by atoms with E-state index >= 15 is 0 Å². The topological polar surface area (TPSA) is 38.3 Å². The van der Waals surface area contributed by atoms with Crippen LogP contribution in [-0.4, -0.2) is 25.2 Å². The highest BCUT2D eigenvalue weighted by atomic mass is 19.1. The summed E-state index contributed by atoms with van der Waals surface area (Å²) in [5.74, 6) is -1.38. The molecule has 1 N–H and O–H groups in total. The monoisotopic (exact) mass is 333 g/mol. The third-order valence-electron chi connectivity index (χ3n) is 4.02. The number of carbonyl (C=O) groups is 1. The van der Waals surface area contributed by atoms with E-state index < -0.39 is 12.1 Å². The fourth-order valence-electron chi connectivity index (χ4n) is 2.55. The minimum absolute atomic E-state index is 0.320. The Hall–Kier alpha value is -2.27. The zero-order valence-electron chi connectivity index (χ0n) is 13.9. The van der Waals surface area contributed by atoms with Crippen molar-refractivity contribution in [3.63, 3.8) is 0 Å². The molecule has 128 valence electrons. The van der Waals surface area contributed by atoms with E-state index in [4.69, 9.17) is 4.74 Å². The second-order valence-electron chi connectivity index (χ2n) is 5.73. The second-order valence-corrected chi connectivity index (χ2v) is 5.73. The number of ether oxygens (including phenoxy) is 1. The Morgan fingerprint density at radius 1 is 0.917 bits per heavy atom. The van der Waals surface area contributed by atoms with E-state index in [2.05, 4.69) is 5.32 Å². The van der Waals surface area contributed by atoms with Crippen molar-refractivity contribution in [2.24, 2.45) is 0 Å². The Balaban J connectivity index is 2.33. The van der Waals surface area contributed by atoms with Gasteiger partial charge >= 0.3 is 5.97 Å². The van der Waals surface area contributed by atoms with Crippen molar-refractivity contribution in [3.05, 3.63) is 71.3 Å². The Morgan fingerprint density at radius 2 is 1.33 bits per heavy atom. The van der Waals surface area contributed by atoms with Crippen molar-refractivity contribution in [2.45, 2.75) is 31.9 Å². The molecule has 0 heterocycles. The highest BCUT2D eigenvalue weighted by Crippen LogP contribution is 2.30. The predicted molar refractivity (Wildman–Crippen MR) is 88.7 cm³/mol. The molecule has 2 rings (SSSR count). The minimum atomic E-state index is -0.496. The number of benzene rings is 2. The fraction of sp³-hybridized carbons (Fsp3) is 0.316. The first-order chi connectivity index (χ1) is 11.4. The summed E-state index contributed by atoms with van der Waals surface area (Å²) in [6.45, 7) is 3.48. The third kappa shape index (κ3) is 4.38. The molecule has 5 heteroatoms. The van der Waals surface area contributed by atoms with Gasteiger partial charge in [-0.15, -0.1) is 0 Å². The first-order valence-electron chi connectivity index (χ1n) is 7.81. The molecule has 24 heavy (non-hydrogen) atoms. The van der Waals surface area contributed by atoms with E-state index in [9.17, 15) is 13.6 Å². The summed E-state index contributed by atoms with van der Waals surface area (Å²) in [6, 6.07) is 11.6. The maximum Gasteiger partial charge on any atom is 0.323 e. The summed E-state index contributed by atoms with van der Waals surface area (Å²) in [5.41, 5.74) is 1.58. The van der Waals surface area contributed by atoms with Crippen molar-refractivity contribution in [1.29, 1.82) is 0 Å². The molecule has 0 bridgehead atoms. The van der Waals surface area contributed by atoms with E-state index in [-0.39, 0.29) is 23.5 Å². The zero-order chi connectivity index (χ0) is 17.7. The highest BCUT2D eigenvalue weighted by molar-refractivity contribution is 5.75. The lowest BCUT2D eigenvalue weighted by molar-refractivity contribution is -0.150. The lowest BCUT2D eigenvalue weighted by atomic mass is 9.87. The summed E-state index contributed by atoms with van der Waals surface area (Å²) < 4.78 is 32.0. The van der Waals surface area contributed by atoms with E-state index in [0.29, 0.717) is 0 Å². The Morgan fingerprint density at radius 3 is 1.71 bits per heavy atom. The van der Waals surface area contributed by atoms with Gasteiger partial charge < -0.3 is 10.1 Å². The summed E-state index contributed by atoms with van der Waals surface area (Å²) in [4.78, 5) is 12.1. The number of nitrogens with one attached hydrogen (secondary N) is 1. The van der Waals surface area contributed by atoms with Crippen molar-refractivity contribution >= 4 is 5.97 Å². The van der Waals surface area contributed by atoms with Crippen LogP contribution in [0, 0.1) is 11.6 Å². The van der Waals surface area contributed by atoms with Crippen LogP contribution in [0.15, 0.2) is 48.5 Å². The molecule has 0 aromatic heterocycles. The standard InChI is InChI=1S/C19H21F2NO2/c1-12(22-3)19(23)24-13(2)18(14-4-8-16(20)9-5-14)15-6-10-17(21)11-7-15/h4-13,18,22H,1-3H3/t12-,13-/m0/s1. The van der Waals surface area contributed by atoms with Gasteiger partial charge in [0.2, 0.25) is 0 Å². The number of rotatable bonds is 6. The van der Waals surface area contributed by atoms with E-state index in [1.165, 1.54) is 24.3 Å². The highest BCUT2D eigenvalue weighted by Gasteiger charge is 2.26. The van der Waals surface area contributed by atoms with E-state index in [1.54, 1.807) is 45.2 Å². The molecule has 0 aliphatic rings. The Labute approximate surface area is 140 Å². The van der Waals surface area contributed by atoms with Crippen molar-refractivity contribution in [2.75, 3.05) is 7.05 Å². The molecule has 2 aromatic carbocycles. The van der Waals surface area contributed by atoms with Crippen LogP contribution >= 0.6 is 0 Å². The van der Waals surface area contributed by atoms with Crippen LogP contribution in [0.2, 0.25) is 0 Å². The molecular formula is C19H21F2NO2.